The van der Waals surface area contributed by atoms with Crippen molar-refractivity contribution in [2.75, 3.05) is 38.3 Å². The van der Waals surface area contributed by atoms with E-state index >= 15 is 0 Å². The number of carbonyl (C=O) groups is 1. The lowest BCUT2D eigenvalue weighted by Gasteiger charge is -2.34. The molecule has 0 bridgehead atoms. The third-order valence-corrected chi connectivity index (χ3v) is 4.95. The van der Waals surface area contributed by atoms with Crippen LogP contribution in [0.1, 0.15) is 29.4 Å². The van der Waals surface area contributed by atoms with Crippen LogP contribution in [0.5, 0.6) is 0 Å². The van der Waals surface area contributed by atoms with E-state index in [9.17, 15) is 4.79 Å². The van der Waals surface area contributed by atoms with Crippen molar-refractivity contribution < 1.29 is 9.53 Å². The summed E-state index contributed by atoms with van der Waals surface area (Å²) in [6.45, 7) is 5.02. The zero-order valence-electron chi connectivity index (χ0n) is 15.6. The van der Waals surface area contributed by atoms with E-state index in [1.165, 1.54) is 0 Å². The van der Waals surface area contributed by atoms with Gasteiger partial charge in [0.05, 0.1) is 30.3 Å². The Morgan fingerprint density at radius 3 is 3.15 bits per heavy atom. The predicted molar refractivity (Wildman–Crippen MR) is 105 cm³/mol. The number of aromatic nitrogens is 3. The highest BCUT2D eigenvalue weighted by Gasteiger charge is 2.25. The number of anilines is 1. The molecule has 8 nitrogen and oxygen atoms in total. The summed E-state index contributed by atoms with van der Waals surface area (Å²) >= 11 is 0. The second-order valence-electron chi connectivity index (χ2n) is 6.76. The first-order chi connectivity index (χ1) is 13.2. The minimum atomic E-state index is -0.160. The van der Waals surface area contributed by atoms with Crippen LogP contribution >= 0.6 is 0 Å². The van der Waals surface area contributed by atoms with Gasteiger partial charge in [-0.1, -0.05) is 6.08 Å². The van der Waals surface area contributed by atoms with Gasteiger partial charge in [-0.3, -0.25) is 9.89 Å². The largest absolute Gasteiger partial charge is 0.391 e. The number of fused-ring (bicyclic) bond motifs is 1. The highest BCUT2D eigenvalue weighted by Crippen LogP contribution is 2.29. The lowest BCUT2D eigenvalue weighted by atomic mass is 10.1. The van der Waals surface area contributed by atoms with E-state index in [-0.39, 0.29) is 11.9 Å². The highest BCUT2D eigenvalue weighted by atomic mass is 16.5. The Morgan fingerprint density at radius 1 is 1.44 bits per heavy atom. The molecule has 1 fully saturated rings. The molecular weight excluding hydrogens is 344 g/mol. The fraction of sp³-hybridized carbons (Fsp3) is 0.421. The second kappa shape index (κ2) is 7.40. The Kier molecular flexibility index (Phi) is 4.81. The summed E-state index contributed by atoms with van der Waals surface area (Å²) in [4.78, 5) is 19.6. The summed E-state index contributed by atoms with van der Waals surface area (Å²) in [6, 6.07) is 2.03. The molecule has 142 valence electrons. The van der Waals surface area contributed by atoms with E-state index in [2.05, 4.69) is 38.7 Å². The van der Waals surface area contributed by atoms with Crippen LogP contribution in [0.15, 0.2) is 24.4 Å². The Balaban J connectivity index is 1.88. The van der Waals surface area contributed by atoms with Gasteiger partial charge in [-0.15, -0.1) is 0 Å². The van der Waals surface area contributed by atoms with Crippen LogP contribution < -0.4 is 15.5 Å². The molecule has 0 saturated carbocycles. The zero-order valence-corrected chi connectivity index (χ0v) is 15.6. The maximum Gasteiger partial charge on any atom is 0.253 e. The third-order valence-electron chi connectivity index (χ3n) is 4.95. The van der Waals surface area contributed by atoms with Gasteiger partial charge in [0.25, 0.3) is 5.91 Å². The van der Waals surface area contributed by atoms with Crippen LogP contribution in [0.25, 0.3) is 16.6 Å². The first-order valence-corrected chi connectivity index (χ1v) is 9.25. The Bertz CT molecular complexity index is 916. The quantitative estimate of drug-likeness (QED) is 0.759. The third kappa shape index (κ3) is 3.28. The predicted octanol–water partition coefficient (Wildman–Crippen LogP) is 1.43. The molecule has 8 heteroatoms. The van der Waals surface area contributed by atoms with E-state index < -0.39 is 0 Å². The van der Waals surface area contributed by atoms with Gasteiger partial charge in [0.2, 0.25) is 0 Å². The summed E-state index contributed by atoms with van der Waals surface area (Å²) < 4.78 is 5.55. The van der Waals surface area contributed by atoms with E-state index in [0.29, 0.717) is 29.8 Å². The molecule has 2 aliphatic heterocycles. The molecule has 2 aliphatic rings. The van der Waals surface area contributed by atoms with Crippen LogP contribution in [0.4, 0.5) is 5.82 Å². The van der Waals surface area contributed by atoms with E-state index in [1.807, 2.05) is 18.3 Å². The fourth-order valence-corrected chi connectivity index (χ4v) is 3.50. The normalized spacial score (nSPS) is 20.1. The number of ether oxygens (including phenoxy) is 1. The number of morpholine rings is 1. The minimum Gasteiger partial charge on any atom is -0.391 e. The lowest BCUT2D eigenvalue weighted by molar-refractivity contribution is 0.0963. The van der Waals surface area contributed by atoms with Gasteiger partial charge in [0, 0.05) is 25.7 Å². The van der Waals surface area contributed by atoms with Crippen molar-refractivity contribution in [1.29, 1.82) is 0 Å². The number of hydrogen-bond donors (Lipinski definition) is 3. The van der Waals surface area contributed by atoms with Gasteiger partial charge in [-0.05, 0) is 31.7 Å². The van der Waals surface area contributed by atoms with E-state index in [4.69, 9.17) is 9.72 Å². The van der Waals surface area contributed by atoms with Crippen LogP contribution in [0.3, 0.4) is 0 Å². The van der Waals surface area contributed by atoms with Crippen molar-refractivity contribution in [1.82, 2.24) is 25.8 Å². The fourth-order valence-electron chi connectivity index (χ4n) is 3.50. The standard InChI is InChI=1S/C19H24N6O2/c1-12-11-27-9-8-25(12)15-10-14(19(26)20-2)17-18(22-15)16(23-24-17)13-4-3-6-21-7-5-13/h4-5,7,10,12,21H,3,6,8-9,11H2,1-2H3,(H,20,26)(H,23,24)/t12-/m1/s1. The number of pyridine rings is 1. The van der Waals surface area contributed by atoms with E-state index in [0.717, 1.165) is 36.6 Å². The van der Waals surface area contributed by atoms with Gasteiger partial charge in [-0.2, -0.15) is 5.10 Å². The lowest BCUT2D eigenvalue weighted by Crippen LogP contribution is -2.44. The van der Waals surface area contributed by atoms with Crippen molar-refractivity contribution in [3.05, 3.63) is 35.7 Å². The molecule has 2 aromatic rings. The summed E-state index contributed by atoms with van der Waals surface area (Å²) in [5.74, 6) is 0.614. The van der Waals surface area contributed by atoms with Gasteiger partial charge in [-0.25, -0.2) is 4.98 Å². The number of amides is 1. The van der Waals surface area contributed by atoms with E-state index in [1.54, 1.807) is 7.05 Å². The Hall–Kier alpha value is -2.87. The van der Waals surface area contributed by atoms with Crippen molar-refractivity contribution in [3.63, 3.8) is 0 Å². The minimum absolute atomic E-state index is 0.160. The molecule has 2 aromatic heterocycles. The Labute approximate surface area is 157 Å². The summed E-state index contributed by atoms with van der Waals surface area (Å²) in [5.41, 5.74) is 3.67. The molecule has 1 amide bonds. The number of nitrogens with one attached hydrogen (secondary N) is 3. The number of rotatable bonds is 3. The molecule has 0 aliphatic carbocycles. The van der Waals surface area contributed by atoms with Gasteiger partial charge in [0.1, 0.15) is 17.0 Å². The molecular formula is C19H24N6O2. The second-order valence-corrected chi connectivity index (χ2v) is 6.76. The first-order valence-electron chi connectivity index (χ1n) is 9.25. The monoisotopic (exact) mass is 368 g/mol. The molecule has 4 rings (SSSR count). The summed E-state index contributed by atoms with van der Waals surface area (Å²) in [7, 11) is 1.63. The molecule has 27 heavy (non-hydrogen) atoms. The SMILES string of the molecule is CNC(=O)c1cc(N2CCOC[C@H]2C)nc2c(C3=CCCNC=C3)n[nH]c12. The van der Waals surface area contributed by atoms with Crippen LogP contribution in [-0.4, -0.2) is 60.5 Å². The number of aromatic amines is 1. The molecule has 0 aromatic carbocycles. The topological polar surface area (TPSA) is 95.2 Å². The molecule has 1 atom stereocenters. The van der Waals surface area contributed by atoms with Gasteiger partial charge in [0.15, 0.2) is 0 Å². The van der Waals surface area contributed by atoms with Crippen LogP contribution in [0.2, 0.25) is 0 Å². The summed E-state index contributed by atoms with van der Waals surface area (Å²) in [6.07, 6.45) is 6.96. The molecule has 4 heterocycles. The van der Waals surface area contributed by atoms with Gasteiger partial charge >= 0.3 is 0 Å². The average Bonchev–Trinajstić information content (AvgIpc) is 2.93. The number of allylic oxidation sites excluding steroid dienone is 2. The van der Waals surface area contributed by atoms with Gasteiger partial charge < -0.3 is 20.3 Å². The number of H-pyrrole nitrogens is 1. The van der Waals surface area contributed by atoms with Crippen LogP contribution in [-0.2, 0) is 4.74 Å². The number of hydrogen-bond acceptors (Lipinski definition) is 6. The van der Waals surface area contributed by atoms with Crippen molar-refractivity contribution in [2.45, 2.75) is 19.4 Å². The van der Waals surface area contributed by atoms with Crippen LogP contribution in [0, 0.1) is 0 Å². The average molecular weight is 368 g/mol. The maximum absolute atomic E-state index is 12.5. The van der Waals surface area contributed by atoms with Crippen molar-refractivity contribution in [2.24, 2.45) is 0 Å². The number of nitrogens with zero attached hydrogens (tertiary/aromatic N) is 3. The maximum atomic E-state index is 12.5. The smallest absolute Gasteiger partial charge is 0.253 e. The van der Waals surface area contributed by atoms with Crippen molar-refractivity contribution in [3.8, 4) is 0 Å². The molecule has 3 N–H and O–H groups in total. The Morgan fingerprint density at radius 2 is 2.33 bits per heavy atom. The molecule has 1 saturated heterocycles. The molecule has 0 unspecified atom stereocenters. The summed E-state index contributed by atoms with van der Waals surface area (Å²) in [5, 5.41) is 13.4. The molecule has 0 spiro atoms. The zero-order chi connectivity index (χ0) is 18.8. The highest BCUT2D eigenvalue weighted by molar-refractivity contribution is 6.07. The number of carbonyl (C=O) groups excluding carboxylic acids is 1. The molecule has 0 radical (unpaired) electrons. The first kappa shape index (κ1) is 17.5. The van der Waals surface area contributed by atoms with Crippen molar-refractivity contribution >= 4 is 28.3 Å².